The standard InChI is InChI=1S/C23H18N2OS.C8H11N5O/c1-3-19-14-18-9-7-8-17(12-13-21-24-16(2)15-27-21)22(18)23(26)25(19)20-10-5-4-6-11-20;1-3-4-11-8-5(7(10)14)6(9)12-13(8)2/h4-11,14-15H,3H2,1-2H3;3-4H,1H2,2H3,(H2,9,12)(H2,10,14)/b;11-4-. The van der Waals surface area contributed by atoms with Crippen LogP contribution in [0.5, 0.6) is 0 Å². The highest BCUT2D eigenvalue weighted by atomic mass is 32.1. The van der Waals surface area contributed by atoms with Crippen molar-refractivity contribution in [3.63, 3.8) is 0 Å². The van der Waals surface area contributed by atoms with Gasteiger partial charge < -0.3 is 11.5 Å². The fraction of sp³-hybridized carbons (Fsp3) is 0.129. The van der Waals surface area contributed by atoms with Gasteiger partial charge >= 0.3 is 0 Å². The first kappa shape index (κ1) is 28.7. The zero-order chi connectivity index (χ0) is 29.5. The molecule has 4 N–H and O–H groups in total. The first-order chi connectivity index (χ1) is 19.7. The maximum atomic E-state index is 13.4. The van der Waals surface area contributed by atoms with Gasteiger partial charge in [-0.2, -0.15) is 5.10 Å². The average molecular weight is 564 g/mol. The van der Waals surface area contributed by atoms with Crippen LogP contribution in [0.1, 0.15) is 39.2 Å². The van der Waals surface area contributed by atoms with Crippen LogP contribution in [0.2, 0.25) is 0 Å². The number of nitrogen functional groups attached to an aromatic ring is 1. The summed E-state index contributed by atoms with van der Waals surface area (Å²) in [6.07, 6.45) is 3.69. The van der Waals surface area contributed by atoms with E-state index in [1.165, 1.54) is 28.3 Å². The van der Waals surface area contributed by atoms with Crippen LogP contribution in [0.3, 0.4) is 0 Å². The van der Waals surface area contributed by atoms with Gasteiger partial charge in [0.15, 0.2) is 16.6 Å². The number of aromatic nitrogens is 4. The largest absolute Gasteiger partial charge is 0.381 e. The number of anilines is 1. The van der Waals surface area contributed by atoms with Gasteiger partial charge in [0, 0.05) is 41.3 Å². The Morgan fingerprint density at radius 3 is 2.56 bits per heavy atom. The molecule has 5 rings (SSSR count). The van der Waals surface area contributed by atoms with Gasteiger partial charge in [0.2, 0.25) is 0 Å². The van der Waals surface area contributed by atoms with Crippen LogP contribution in [0.25, 0.3) is 16.5 Å². The van der Waals surface area contributed by atoms with Crippen molar-refractivity contribution in [1.29, 1.82) is 0 Å². The smallest absolute Gasteiger partial charge is 0.264 e. The van der Waals surface area contributed by atoms with E-state index in [4.69, 9.17) is 11.5 Å². The summed E-state index contributed by atoms with van der Waals surface area (Å²) in [5, 5.41) is 8.14. The molecule has 206 valence electrons. The number of nitrogens with zero attached hydrogens (tertiary/aromatic N) is 5. The molecule has 1 amide bonds. The third kappa shape index (κ3) is 6.32. The topological polar surface area (TPSA) is 134 Å². The Hall–Kier alpha value is -5.27. The van der Waals surface area contributed by atoms with Crippen molar-refractivity contribution >= 4 is 45.9 Å². The van der Waals surface area contributed by atoms with Crippen molar-refractivity contribution in [2.24, 2.45) is 17.8 Å². The average Bonchev–Trinajstić information content (AvgIpc) is 3.51. The summed E-state index contributed by atoms with van der Waals surface area (Å²) in [6.45, 7) is 7.47. The predicted octanol–water partition coefficient (Wildman–Crippen LogP) is 4.71. The molecule has 0 bridgehead atoms. The number of nitrogens with two attached hydrogens (primary N) is 2. The first-order valence-corrected chi connectivity index (χ1v) is 13.6. The van der Waals surface area contributed by atoms with Crippen LogP contribution < -0.4 is 17.0 Å². The van der Waals surface area contributed by atoms with E-state index in [2.05, 4.69) is 46.5 Å². The number of hydrogen-bond acceptors (Lipinski definition) is 7. The lowest BCUT2D eigenvalue weighted by Gasteiger charge is -2.14. The van der Waals surface area contributed by atoms with Crippen LogP contribution in [0.15, 0.2) is 82.4 Å². The van der Waals surface area contributed by atoms with E-state index in [0.29, 0.717) is 11.2 Å². The van der Waals surface area contributed by atoms with Gasteiger partial charge in [-0.15, -0.1) is 11.3 Å². The Morgan fingerprint density at radius 2 is 1.93 bits per heavy atom. The molecule has 10 heteroatoms. The molecule has 0 radical (unpaired) electrons. The van der Waals surface area contributed by atoms with Crippen molar-refractivity contribution in [2.45, 2.75) is 20.3 Å². The van der Waals surface area contributed by atoms with Gasteiger partial charge in [0.1, 0.15) is 5.56 Å². The fourth-order valence-electron chi connectivity index (χ4n) is 4.22. The van der Waals surface area contributed by atoms with Crippen LogP contribution in [-0.4, -0.2) is 31.5 Å². The number of primary amides is 1. The van der Waals surface area contributed by atoms with E-state index in [0.717, 1.165) is 39.5 Å². The number of fused-ring (bicyclic) bond motifs is 1. The summed E-state index contributed by atoms with van der Waals surface area (Å²) in [7, 11) is 1.62. The van der Waals surface area contributed by atoms with E-state index in [1.54, 1.807) is 11.6 Å². The Morgan fingerprint density at radius 1 is 1.17 bits per heavy atom. The van der Waals surface area contributed by atoms with Gasteiger partial charge in [0.05, 0.1) is 5.39 Å². The van der Waals surface area contributed by atoms with Gasteiger partial charge in [-0.1, -0.05) is 55.8 Å². The number of para-hydroxylation sites is 1. The Labute approximate surface area is 241 Å². The number of carbonyl (C=O) groups is 1. The lowest BCUT2D eigenvalue weighted by atomic mass is 10.0. The van der Waals surface area contributed by atoms with Crippen molar-refractivity contribution in [3.05, 3.63) is 111 Å². The molecule has 0 saturated carbocycles. The molecule has 3 aromatic heterocycles. The number of pyridine rings is 1. The van der Waals surface area contributed by atoms with Gasteiger partial charge in [0.25, 0.3) is 11.5 Å². The predicted molar refractivity (Wildman–Crippen MR) is 166 cm³/mol. The zero-order valence-electron chi connectivity index (χ0n) is 23.0. The maximum Gasteiger partial charge on any atom is 0.264 e. The molecule has 0 saturated heterocycles. The molecular formula is C31H29N7O2S. The second-order valence-electron chi connectivity index (χ2n) is 8.86. The van der Waals surface area contributed by atoms with E-state index in [9.17, 15) is 9.59 Å². The van der Waals surface area contributed by atoms with E-state index in [-0.39, 0.29) is 16.9 Å². The minimum absolute atomic E-state index is 0.0317. The highest BCUT2D eigenvalue weighted by molar-refractivity contribution is 7.10. The molecular weight excluding hydrogens is 534 g/mol. The molecule has 0 aliphatic heterocycles. The molecule has 0 spiro atoms. The Bertz CT molecular complexity index is 1890. The van der Waals surface area contributed by atoms with E-state index >= 15 is 0 Å². The third-order valence-corrected chi connectivity index (χ3v) is 6.89. The van der Waals surface area contributed by atoms with Gasteiger partial charge in [-0.05, 0) is 48.9 Å². The second kappa shape index (κ2) is 12.7. The number of allylic oxidation sites excluding steroid dienone is 1. The Kier molecular flexibility index (Phi) is 8.92. The number of benzene rings is 2. The van der Waals surface area contributed by atoms with Gasteiger partial charge in [-0.25, -0.2) is 14.7 Å². The third-order valence-electron chi connectivity index (χ3n) is 6.02. The maximum absolute atomic E-state index is 13.4. The Balaban J connectivity index is 0.000000234. The molecule has 0 aliphatic carbocycles. The van der Waals surface area contributed by atoms with Crippen LogP contribution in [0.4, 0.5) is 11.6 Å². The number of hydrogen-bond donors (Lipinski definition) is 2. The highest BCUT2D eigenvalue weighted by Gasteiger charge is 2.17. The summed E-state index contributed by atoms with van der Waals surface area (Å²) in [5.74, 6) is 6.02. The number of aryl methyl sites for hydroxylation is 3. The number of rotatable bonds is 5. The quantitative estimate of drug-likeness (QED) is 0.236. The molecule has 0 aliphatic rings. The zero-order valence-corrected chi connectivity index (χ0v) is 23.8. The molecule has 2 aromatic carbocycles. The molecule has 0 fully saturated rings. The summed E-state index contributed by atoms with van der Waals surface area (Å²) >= 11 is 1.52. The summed E-state index contributed by atoms with van der Waals surface area (Å²) in [4.78, 5) is 32.8. The summed E-state index contributed by atoms with van der Waals surface area (Å²) in [5.41, 5.74) is 14.3. The van der Waals surface area contributed by atoms with Crippen molar-refractivity contribution in [3.8, 4) is 17.5 Å². The molecule has 41 heavy (non-hydrogen) atoms. The second-order valence-corrected chi connectivity index (χ2v) is 9.72. The molecule has 0 atom stereocenters. The van der Waals surface area contributed by atoms with Crippen molar-refractivity contribution in [2.75, 3.05) is 5.73 Å². The summed E-state index contributed by atoms with van der Waals surface area (Å²) in [6, 6.07) is 17.7. The van der Waals surface area contributed by atoms with Crippen LogP contribution >= 0.6 is 11.3 Å². The number of aliphatic imine (C=N–C) groups is 1. The highest BCUT2D eigenvalue weighted by Crippen LogP contribution is 2.23. The number of thiazole rings is 1. The van der Waals surface area contributed by atoms with Crippen molar-refractivity contribution < 1.29 is 4.79 Å². The van der Waals surface area contributed by atoms with E-state index in [1.807, 2.05) is 60.8 Å². The lowest BCUT2D eigenvalue weighted by Crippen LogP contribution is -2.22. The van der Waals surface area contributed by atoms with Crippen LogP contribution in [-0.2, 0) is 13.5 Å². The monoisotopic (exact) mass is 563 g/mol. The molecule has 3 heterocycles. The van der Waals surface area contributed by atoms with Crippen LogP contribution in [0, 0.1) is 18.8 Å². The lowest BCUT2D eigenvalue weighted by molar-refractivity contribution is 0.100. The molecule has 5 aromatic rings. The molecule has 9 nitrogen and oxygen atoms in total. The number of amides is 1. The van der Waals surface area contributed by atoms with E-state index < -0.39 is 5.91 Å². The fourth-order valence-corrected chi connectivity index (χ4v) is 4.86. The SMILES string of the molecule is C=C/C=N\c1c(C(N)=O)c(N)nn1C.CCc1cc2cccc(C#Cc3nc(C)cs3)c2c(=O)n1-c1ccccc1. The number of carbonyl (C=O) groups excluding carboxylic acids is 1. The first-order valence-electron chi connectivity index (χ1n) is 12.7. The minimum atomic E-state index is -0.646. The molecule has 0 unspecified atom stereocenters. The minimum Gasteiger partial charge on any atom is -0.381 e. The van der Waals surface area contributed by atoms with Gasteiger partial charge in [-0.3, -0.25) is 14.2 Å². The van der Waals surface area contributed by atoms with Crippen molar-refractivity contribution in [1.82, 2.24) is 19.3 Å². The summed E-state index contributed by atoms with van der Waals surface area (Å²) < 4.78 is 3.18. The normalized spacial score (nSPS) is 10.6.